The Morgan fingerprint density at radius 2 is 1.84 bits per heavy atom. The minimum atomic E-state index is -1.09. The zero-order valence-electron chi connectivity index (χ0n) is 21.4. The smallest absolute Gasteiger partial charge is 0.460 e. The Hall–Kier alpha value is -3.55. The van der Waals surface area contributed by atoms with Crippen molar-refractivity contribution < 1.29 is 14.2 Å². The van der Waals surface area contributed by atoms with Gasteiger partial charge in [0.2, 0.25) is 0 Å². The van der Waals surface area contributed by atoms with Gasteiger partial charge in [-0.3, -0.25) is 4.79 Å². The monoisotopic (exact) mass is 514 g/mol. The van der Waals surface area contributed by atoms with Crippen LogP contribution in [0.2, 0.25) is 5.02 Å². The zero-order valence-corrected chi connectivity index (χ0v) is 22.2. The maximum Gasteiger partial charge on any atom is 0.583 e. The number of hydrogen-bond acceptors (Lipinski definition) is 6. The van der Waals surface area contributed by atoms with Gasteiger partial charge >= 0.3 is 7.12 Å². The van der Waals surface area contributed by atoms with E-state index < -0.39 is 7.12 Å². The minimum Gasteiger partial charge on any atom is -0.460 e. The molecular weight excluding hydrogens is 487 g/mol. The molecule has 0 aliphatic carbocycles. The predicted octanol–water partition coefficient (Wildman–Crippen LogP) is 6.08. The van der Waals surface area contributed by atoms with Gasteiger partial charge in [0.15, 0.2) is 5.43 Å². The number of anilines is 1. The highest BCUT2D eigenvalue weighted by Crippen LogP contribution is 2.36. The molecule has 1 aliphatic rings. The normalized spacial score (nSPS) is 13.6. The lowest BCUT2D eigenvalue weighted by atomic mass is 9.75. The van der Waals surface area contributed by atoms with E-state index in [-0.39, 0.29) is 17.4 Å². The summed E-state index contributed by atoms with van der Waals surface area (Å²) in [5.41, 5.74) is 7.29. The molecule has 0 bridgehead atoms. The number of halogens is 1. The molecule has 3 aromatic carbocycles. The predicted molar refractivity (Wildman–Crippen MR) is 151 cm³/mol. The second-order valence-corrected chi connectivity index (χ2v) is 10.3. The van der Waals surface area contributed by atoms with Crippen molar-refractivity contribution in [3.8, 4) is 11.1 Å². The molecule has 1 aliphatic heterocycles. The molecule has 37 heavy (non-hydrogen) atoms. The third-order valence-corrected chi connectivity index (χ3v) is 7.02. The van der Waals surface area contributed by atoms with E-state index in [9.17, 15) is 9.82 Å². The molecule has 6 nitrogen and oxygen atoms in total. The van der Waals surface area contributed by atoms with Gasteiger partial charge in [0.05, 0.1) is 17.6 Å². The van der Waals surface area contributed by atoms with Gasteiger partial charge in [-0.2, -0.15) is 0 Å². The van der Waals surface area contributed by atoms with E-state index in [0.717, 1.165) is 33.5 Å². The summed E-state index contributed by atoms with van der Waals surface area (Å²) in [5, 5.41) is 18.7. The summed E-state index contributed by atoms with van der Waals surface area (Å²) in [4.78, 5) is 13.2. The van der Waals surface area contributed by atoms with Gasteiger partial charge < -0.3 is 19.5 Å². The number of aryl methyl sites for hydroxylation is 1. The molecular formula is C29H28BClN2O4. The Balaban J connectivity index is 1.60. The third-order valence-electron chi connectivity index (χ3n) is 6.79. The van der Waals surface area contributed by atoms with Crippen LogP contribution in [0.25, 0.3) is 22.1 Å². The molecule has 1 atom stereocenters. The average Bonchev–Trinajstić information content (AvgIpc) is 2.86. The standard InChI is InChI=1S/C29H28BClN2O4/c1-15(2)28-17(4)27(34)24-11-16(3)10-22(29(24)36-28)18(5)33-26-9-7-21(31)13-23(26)19-6-8-25-20(12-19)14-32-37-30(25)35/h6-15,18,33,35H,1-5H3. The Kier molecular flexibility index (Phi) is 6.60. The van der Waals surface area contributed by atoms with E-state index in [2.05, 4.69) is 23.5 Å². The number of rotatable bonds is 5. The van der Waals surface area contributed by atoms with Crippen molar-refractivity contribution in [1.82, 2.24) is 0 Å². The molecule has 0 fully saturated rings. The van der Waals surface area contributed by atoms with Crippen molar-refractivity contribution in [1.29, 1.82) is 0 Å². The van der Waals surface area contributed by atoms with Crippen LogP contribution in [0.3, 0.4) is 0 Å². The summed E-state index contributed by atoms with van der Waals surface area (Å²) in [6.45, 7) is 9.93. The van der Waals surface area contributed by atoms with Crippen LogP contribution in [0, 0.1) is 13.8 Å². The first-order valence-electron chi connectivity index (χ1n) is 12.3. The van der Waals surface area contributed by atoms with Crippen LogP contribution in [0.15, 0.2) is 62.9 Å². The van der Waals surface area contributed by atoms with Gasteiger partial charge in [-0.25, -0.2) is 0 Å². The zero-order chi connectivity index (χ0) is 26.4. The van der Waals surface area contributed by atoms with E-state index in [0.29, 0.717) is 32.8 Å². The van der Waals surface area contributed by atoms with Crippen LogP contribution in [-0.4, -0.2) is 18.4 Å². The van der Waals surface area contributed by atoms with Crippen molar-refractivity contribution in [3.63, 3.8) is 0 Å². The third kappa shape index (κ3) is 4.65. The Morgan fingerprint density at radius 3 is 2.59 bits per heavy atom. The molecule has 0 spiro atoms. The van der Waals surface area contributed by atoms with E-state index in [1.165, 1.54) is 0 Å². The van der Waals surface area contributed by atoms with Gasteiger partial charge in [-0.15, -0.1) is 5.16 Å². The second-order valence-electron chi connectivity index (χ2n) is 9.90. The molecule has 5 rings (SSSR count). The summed E-state index contributed by atoms with van der Waals surface area (Å²) in [6, 6.07) is 15.2. The van der Waals surface area contributed by atoms with Crippen molar-refractivity contribution in [2.45, 2.75) is 46.6 Å². The van der Waals surface area contributed by atoms with Crippen LogP contribution < -0.4 is 16.2 Å². The van der Waals surface area contributed by atoms with Crippen molar-refractivity contribution in [2.75, 3.05) is 5.32 Å². The number of hydrogen-bond donors (Lipinski definition) is 2. The molecule has 1 aromatic heterocycles. The molecule has 0 saturated heterocycles. The highest BCUT2D eigenvalue weighted by Gasteiger charge is 2.26. The maximum atomic E-state index is 13.2. The van der Waals surface area contributed by atoms with Gasteiger partial charge in [-0.1, -0.05) is 43.6 Å². The van der Waals surface area contributed by atoms with Gasteiger partial charge in [0.25, 0.3) is 0 Å². The Bertz CT molecular complexity index is 1610. The topological polar surface area (TPSA) is 84.1 Å². The summed E-state index contributed by atoms with van der Waals surface area (Å²) in [7, 11) is -1.09. The summed E-state index contributed by atoms with van der Waals surface area (Å²) >= 11 is 6.40. The van der Waals surface area contributed by atoms with E-state index in [1.54, 1.807) is 6.21 Å². The average molecular weight is 515 g/mol. The molecule has 8 heteroatoms. The molecule has 2 N–H and O–H groups in total. The molecule has 0 amide bonds. The van der Waals surface area contributed by atoms with Crippen LogP contribution >= 0.6 is 11.6 Å². The lowest BCUT2D eigenvalue weighted by molar-refractivity contribution is 0.286. The lowest BCUT2D eigenvalue weighted by Gasteiger charge is -2.22. The highest BCUT2D eigenvalue weighted by molar-refractivity contribution is 6.62. The first-order chi connectivity index (χ1) is 17.6. The quantitative estimate of drug-likeness (QED) is 0.315. The number of nitrogens with zero attached hydrogens (tertiary/aromatic N) is 1. The molecule has 188 valence electrons. The summed E-state index contributed by atoms with van der Waals surface area (Å²) < 4.78 is 11.3. The van der Waals surface area contributed by atoms with Gasteiger partial charge in [-0.05, 0) is 67.8 Å². The largest absolute Gasteiger partial charge is 0.583 e. The molecule has 0 saturated carbocycles. The Labute approximate surface area is 221 Å². The summed E-state index contributed by atoms with van der Waals surface area (Å²) in [5.74, 6) is 0.803. The fourth-order valence-corrected chi connectivity index (χ4v) is 5.10. The van der Waals surface area contributed by atoms with Crippen molar-refractivity contribution in [2.24, 2.45) is 5.16 Å². The Morgan fingerprint density at radius 1 is 1.05 bits per heavy atom. The minimum absolute atomic E-state index is 0.0103. The van der Waals surface area contributed by atoms with Crippen LogP contribution in [0.5, 0.6) is 0 Å². The SMILES string of the molecule is Cc1cc(C(C)Nc2ccc(Cl)cc2-c2ccc3c(c2)C=NOB3O)c2oc(C(C)C)c(C)c(=O)c2c1. The van der Waals surface area contributed by atoms with Gasteiger partial charge in [0, 0.05) is 38.8 Å². The molecule has 2 heterocycles. The van der Waals surface area contributed by atoms with Crippen LogP contribution in [0.1, 0.15) is 60.7 Å². The highest BCUT2D eigenvalue weighted by atomic mass is 35.5. The second kappa shape index (κ2) is 9.73. The first kappa shape index (κ1) is 25.1. The van der Waals surface area contributed by atoms with Gasteiger partial charge in [0.1, 0.15) is 11.3 Å². The van der Waals surface area contributed by atoms with Crippen molar-refractivity contribution in [3.05, 3.63) is 91.8 Å². The summed E-state index contributed by atoms with van der Waals surface area (Å²) in [6.07, 6.45) is 1.58. The fraction of sp³-hybridized carbons (Fsp3) is 0.241. The molecule has 0 radical (unpaired) electrons. The van der Waals surface area contributed by atoms with Crippen molar-refractivity contribution >= 4 is 47.1 Å². The number of benzene rings is 3. The molecule has 4 aromatic rings. The fourth-order valence-electron chi connectivity index (χ4n) is 4.93. The number of nitrogens with one attached hydrogen (secondary N) is 1. The molecule has 1 unspecified atom stereocenters. The number of fused-ring (bicyclic) bond motifs is 2. The van der Waals surface area contributed by atoms with Crippen LogP contribution in [0.4, 0.5) is 5.69 Å². The van der Waals surface area contributed by atoms with Crippen LogP contribution in [-0.2, 0) is 4.76 Å². The maximum absolute atomic E-state index is 13.2. The van der Waals surface area contributed by atoms with E-state index in [1.807, 2.05) is 70.2 Å². The first-order valence-corrected chi connectivity index (χ1v) is 12.7. The lowest BCUT2D eigenvalue weighted by Crippen LogP contribution is -2.37. The van der Waals surface area contributed by atoms with E-state index >= 15 is 0 Å². The van der Waals surface area contributed by atoms with E-state index in [4.69, 9.17) is 20.8 Å². The number of oxime groups is 1.